The number of aliphatic carboxylic acids is 1. The van der Waals surface area contributed by atoms with Gasteiger partial charge in [-0.2, -0.15) is 0 Å². The molecule has 2 rings (SSSR count). The number of carboxylic acids is 1. The van der Waals surface area contributed by atoms with Gasteiger partial charge in [0.1, 0.15) is 18.2 Å². The van der Waals surface area contributed by atoms with Crippen LogP contribution in [0.2, 0.25) is 0 Å². The van der Waals surface area contributed by atoms with Gasteiger partial charge in [0, 0.05) is 6.08 Å². The van der Waals surface area contributed by atoms with Crippen LogP contribution in [0.1, 0.15) is 11.3 Å². The van der Waals surface area contributed by atoms with E-state index in [-0.39, 0.29) is 12.4 Å². The molecule has 1 heterocycles. The number of pyridine rings is 1. The van der Waals surface area contributed by atoms with Crippen LogP contribution in [0.25, 0.3) is 6.08 Å². The Morgan fingerprint density at radius 3 is 2.81 bits per heavy atom. The van der Waals surface area contributed by atoms with Gasteiger partial charge in [-0.3, -0.25) is 4.98 Å². The second-order valence-corrected chi connectivity index (χ2v) is 4.98. The summed E-state index contributed by atoms with van der Waals surface area (Å²) in [5.41, 5.74) is 1.34. The van der Waals surface area contributed by atoms with E-state index in [0.29, 0.717) is 15.9 Å². The van der Waals surface area contributed by atoms with Crippen molar-refractivity contribution in [3.05, 3.63) is 64.2 Å². The molecule has 0 saturated heterocycles. The summed E-state index contributed by atoms with van der Waals surface area (Å²) in [6.45, 7) is 0.283. The third-order valence-corrected chi connectivity index (χ3v) is 3.15. The van der Waals surface area contributed by atoms with E-state index in [4.69, 9.17) is 9.84 Å². The maximum absolute atomic E-state index is 13.1. The quantitative estimate of drug-likeness (QED) is 0.835. The number of carbonyl (C=O) groups is 1. The van der Waals surface area contributed by atoms with E-state index in [2.05, 4.69) is 20.9 Å². The van der Waals surface area contributed by atoms with Crippen molar-refractivity contribution >= 4 is 28.0 Å². The van der Waals surface area contributed by atoms with Crippen molar-refractivity contribution in [1.82, 2.24) is 4.98 Å². The van der Waals surface area contributed by atoms with Crippen molar-refractivity contribution in [2.24, 2.45) is 0 Å². The molecule has 4 nitrogen and oxygen atoms in total. The van der Waals surface area contributed by atoms with E-state index in [1.165, 1.54) is 18.3 Å². The molecule has 0 aliphatic heterocycles. The zero-order valence-electron chi connectivity index (χ0n) is 10.8. The third kappa shape index (κ3) is 4.68. The number of carboxylic acid groups (broad SMARTS) is 1. The first-order chi connectivity index (χ1) is 10.0. The molecule has 6 heteroatoms. The van der Waals surface area contributed by atoms with Crippen LogP contribution in [0.4, 0.5) is 4.39 Å². The standard InChI is InChI=1S/C15H11BrFNO3/c16-13-7-10(1-5-14(13)17)9-21-12-4-2-11(18-8-12)3-6-15(19)20/h1-8H,9H2,(H,19,20). The minimum absolute atomic E-state index is 0.283. The molecule has 0 saturated carbocycles. The maximum Gasteiger partial charge on any atom is 0.328 e. The second-order valence-electron chi connectivity index (χ2n) is 4.13. The highest BCUT2D eigenvalue weighted by Gasteiger charge is 2.02. The van der Waals surface area contributed by atoms with Crippen LogP contribution in [-0.4, -0.2) is 16.1 Å². The predicted molar refractivity (Wildman–Crippen MR) is 79.3 cm³/mol. The van der Waals surface area contributed by atoms with Crippen LogP contribution in [0.5, 0.6) is 5.75 Å². The lowest BCUT2D eigenvalue weighted by Crippen LogP contribution is -1.97. The highest BCUT2D eigenvalue weighted by Crippen LogP contribution is 2.18. The highest BCUT2D eigenvalue weighted by atomic mass is 79.9. The Hall–Kier alpha value is -2.21. The van der Waals surface area contributed by atoms with E-state index >= 15 is 0 Å². The number of nitrogens with zero attached hydrogens (tertiary/aromatic N) is 1. The first kappa shape index (κ1) is 15.2. The van der Waals surface area contributed by atoms with Gasteiger partial charge < -0.3 is 9.84 Å². The van der Waals surface area contributed by atoms with Gasteiger partial charge in [-0.15, -0.1) is 0 Å². The number of benzene rings is 1. The molecule has 0 atom stereocenters. The summed E-state index contributed by atoms with van der Waals surface area (Å²) >= 11 is 3.11. The van der Waals surface area contributed by atoms with Crippen LogP contribution in [-0.2, 0) is 11.4 Å². The number of hydrogen-bond donors (Lipinski definition) is 1. The van der Waals surface area contributed by atoms with Gasteiger partial charge in [-0.05, 0) is 51.8 Å². The molecule has 0 bridgehead atoms. The van der Waals surface area contributed by atoms with Crippen molar-refractivity contribution < 1.29 is 19.0 Å². The molecule has 0 spiro atoms. The largest absolute Gasteiger partial charge is 0.487 e. The SMILES string of the molecule is O=C(O)C=Cc1ccc(OCc2ccc(F)c(Br)c2)cn1. The summed E-state index contributed by atoms with van der Waals surface area (Å²) in [5.74, 6) is -0.808. The molecule has 0 radical (unpaired) electrons. The zero-order valence-corrected chi connectivity index (χ0v) is 12.4. The molecule has 1 aromatic heterocycles. The Labute approximate surface area is 129 Å². The fraction of sp³-hybridized carbons (Fsp3) is 0.0667. The minimum Gasteiger partial charge on any atom is -0.487 e. The zero-order chi connectivity index (χ0) is 15.2. The van der Waals surface area contributed by atoms with Gasteiger partial charge in [-0.25, -0.2) is 9.18 Å². The molecule has 0 amide bonds. The fourth-order valence-electron chi connectivity index (χ4n) is 1.53. The van der Waals surface area contributed by atoms with Crippen LogP contribution in [0, 0.1) is 5.82 Å². The number of aromatic nitrogens is 1. The molecule has 21 heavy (non-hydrogen) atoms. The van der Waals surface area contributed by atoms with Gasteiger partial charge in [0.25, 0.3) is 0 Å². The van der Waals surface area contributed by atoms with Crippen molar-refractivity contribution in [1.29, 1.82) is 0 Å². The van der Waals surface area contributed by atoms with Crippen molar-refractivity contribution in [3.63, 3.8) is 0 Å². The average Bonchev–Trinajstić information content (AvgIpc) is 2.47. The maximum atomic E-state index is 13.1. The molecule has 1 aromatic carbocycles. The minimum atomic E-state index is -1.03. The molecular formula is C15H11BrFNO3. The third-order valence-electron chi connectivity index (χ3n) is 2.55. The summed E-state index contributed by atoms with van der Waals surface area (Å²) in [7, 11) is 0. The summed E-state index contributed by atoms with van der Waals surface area (Å²) in [5, 5.41) is 8.51. The fourth-order valence-corrected chi connectivity index (χ4v) is 1.95. The van der Waals surface area contributed by atoms with Crippen LogP contribution >= 0.6 is 15.9 Å². The number of rotatable bonds is 5. The molecule has 0 unspecified atom stereocenters. The van der Waals surface area contributed by atoms with Crippen LogP contribution < -0.4 is 4.74 Å². The van der Waals surface area contributed by atoms with Gasteiger partial charge in [0.05, 0.1) is 16.4 Å². The van der Waals surface area contributed by atoms with Crippen molar-refractivity contribution in [2.45, 2.75) is 6.61 Å². The van der Waals surface area contributed by atoms with Gasteiger partial charge in [0.15, 0.2) is 0 Å². The van der Waals surface area contributed by atoms with Gasteiger partial charge in [0.2, 0.25) is 0 Å². The Morgan fingerprint density at radius 1 is 1.38 bits per heavy atom. The van der Waals surface area contributed by atoms with E-state index in [1.54, 1.807) is 24.3 Å². The van der Waals surface area contributed by atoms with Gasteiger partial charge >= 0.3 is 5.97 Å². The lowest BCUT2D eigenvalue weighted by molar-refractivity contribution is -0.131. The molecular weight excluding hydrogens is 341 g/mol. The summed E-state index contributed by atoms with van der Waals surface area (Å²) in [6, 6.07) is 7.98. The lowest BCUT2D eigenvalue weighted by atomic mass is 10.2. The monoisotopic (exact) mass is 351 g/mol. The molecule has 0 fully saturated rings. The normalized spacial score (nSPS) is 10.8. The Balaban J connectivity index is 1.97. The lowest BCUT2D eigenvalue weighted by Gasteiger charge is -2.06. The summed E-state index contributed by atoms with van der Waals surface area (Å²) in [4.78, 5) is 14.4. The summed E-state index contributed by atoms with van der Waals surface area (Å²) < 4.78 is 19.0. The average molecular weight is 352 g/mol. The van der Waals surface area contributed by atoms with E-state index in [0.717, 1.165) is 11.6 Å². The molecule has 0 aliphatic rings. The van der Waals surface area contributed by atoms with Crippen LogP contribution in [0.3, 0.4) is 0 Å². The van der Waals surface area contributed by atoms with E-state index in [9.17, 15) is 9.18 Å². The Bertz CT molecular complexity index is 671. The topological polar surface area (TPSA) is 59.4 Å². The Morgan fingerprint density at radius 2 is 2.19 bits per heavy atom. The van der Waals surface area contributed by atoms with Crippen molar-refractivity contribution in [2.75, 3.05) is 0 Å². The highest BCUT2D eigenvalue weighted by molar-refractivity contribution is 9.10. The van der Waals surface area contributed by atoms with Crippen LogP contribution in [0.15, 0.2) is 47.1 Å². The molecule has 108 valence electrons. The summed E-state index contributed by atoms with van der Waals surface area (Å²) in [6.07, 6.45) is 3.90. The van der Waals surface area contributed by atoms with Crippen molar-refractivity contribution in [3.8, 4) is 5.75 Å². The first-order valence-corrected chi connectivity index (χ1v) is 6.77. The van der Waals surface area contributed by atoms with E-state index < -0.39 is 5.97 Å². The number of hydrogen-bond acceptors (Lipinski definition) is 3. The Kier molecular flexibility index (Phi) is 5.05. The molecule has 0 aliphatic carbocycles. The smallest absolute Gasteiger partial charge is 0.328 e. The molecule has 2 aromatic rings. The number of ether oxygens (including phenoxy) is 1. The predicted octanol–water partition coefficient (Wildman–Crippen LogP) is 3.66. The second kappa shape index (κ2) is 6.99. The molecule has 1 N–H and O–H groups in total. The first-order valence-electron chi connectivity index (χ1n) is 5.98. The van der Waals surface area contributed by atoms with Gasteiger partial charge in [-0.1, -0.05) is 6.07 Å². The van der Waals surface area contributed by atoms with E-state index in [1.807, 2.05) is 0 Å². The number of halogens is 2.